The molecule has 0 unspecified atom stereocenters. The highest BCUT2D eigenvalue weighted by molar-refractivity contribution is 6.50. The van der Waals surface area contributed by atoms with Gasteiger partial charge in [-0.3, -0.25) is 14.5 Å². The summed E-state index contributed by atoms with van der Waals surface area (Å²) in [5, 5.41) is 20.8. The number of hydrogen-bond donors (Lipinski definition) is 3. The number of rotatable bonds is 4. The minimum Gasteiger partial charge on any atom is -0.376 e. The highest BCUT2D eigenvalue weighted by atomic mass is 16.5. The molecule has 2 amide bonds. The third-order valence-electron chi connectivity index (χ3n) is 5.91. The van der Waals surface area contributed by atoms with Gasteiger partial charge in [0, 0.05) is 66.0 Å². The third kappa shape index (κ3) is 2.66. The van der Waals surface area contributed by atoms with E-state index < -0.39 is 18.5 Å². The SMILES string of the molecule is Cn1cc(C2=C(c3cn(C)c4cc([NH2+]O)ccc34)C(=O)N(CO)C2=O)c2ccccc21. The van der Waals surface area contributed by atoms with Crippen molar-refractivity contribution in [1.82, 2.24) is 14.0 Å². The fourth-order valence-corrected chi connectivity index (χ4v) is 4.43. The number of aromatic nitrogens is 2. The van der Waals surface area contributed by atoms with E-state index in [-0.39, 0.29) is 11.1 Å². The van der Waals surface area contributed by atoms with Crippen LogP contribution in [0, 0.1) is 0 Å². The van der Waals surface area contributed by atoms with Crippen LogP contribution < -0.4 is 5.48 Å². The van der Waals surface area contributed by atoms with Crippen LogP contribution in [0.5, 0.6) is 0 Å². The van der Waals surface area contributed by atoms with Crippen LogP contribution in [0.15, 0.2) is 54.9 Å². The molecule has 0 radical (unpaired) electrons. The number of quaternary nitrogens is 1. The number of carbonyl (C=O) groups excluding carboxylic acids is 2. The van der Waals surface area contributed by atoms with Gasteiger partial charge in [0.25, 0.3) is 11.8 Å². The molecule has 0 aliphatic carbocycles. The Morgan fingerprint density at radius 2 is 1.42 bits per heavy atom. The molecule has 8 nitrogen and oxygen atoms in total. The summed E-state index contributed by atoms with van der Waals surface area (Å²) in [6.45, 7) is -0.691. The van der Waals surface area contributed by atoms with Gasteiger partial charge in [-0.25, -0.2) is 5.21 Å². The van der Waals surface area contributed by atoms with E-state index in [2.05, 4.69) is 0 Å². The largest absolute Gasteiger partial charge is 0.376 e. The maximum Gasteiger partial charge on any atom is 0.264 e. The quantitative estimate of drug-likeness (QED) is 0.266. The normalized spacial score (nSPS) is 14.6. The van der Waals surface area contributed by atoms with Crippen molar-refractivity contribution in [3.63, 3.8) is 0 Å². The Morgan fingerprint density at radius 1 is 0.839 bits per heavy atom. The Bertz CT molecular complexity index is 1430. The molecular weight excluding hydrogens is 396 g/mol. The lowest BCUT2D eigenvalue weighted by Gasteiger charge is -2.10. The van der Waals surface area contributed by atoms with Gasteiger partial charge in [-0.15, -0.1) is 0 Å². The molecule has 4 N–H and O–H groups in total. The lowest BCUT2D eigenvalue weighted by molar-refractivity contribution is -0.825. The van der Waals surface area contributed by atoms with E-state index in [1.54, 1.807) is 12.3 Å². The molecule has 0 fully saturated rings. The van der Waals surface area contributed by atoms with Crippen molar-refractivity contribution in [2.45, 2.75) is 0 Å². The Hall–Kier alpha value is -3.72. The van der Waals surface area contributed by atoms with Crippen molar-refractivity contribution < 1.29 is 25.4 Å². The molecule has 0 saturated carbocycles. The highest BCUT2D eigenvalue weighted by Crippen LogP contribution is 2.41. The number of aliphatic hydroxyl groups is 1. The maximum atomic E-state index is 13.3. The molecule has 2 aromatic heterocycles. The number of carbonyl (C=O) groups is 2. The van der Waals surface area contributed by atoms with Crippen molar-refractivity contribution in [3.05, 3.63) is 66.0 Å². The predicted octanol–water partition coefficient (Wildman–Crippen LogP) is 1.48. The highest BCUT2D eigenvalue weighted by Gasteiger charge is 2.41. The molecule has 4 aromatic rings. The van der Waals surface area contributed by atoms with Crippen molar-refractivity contribution >= 4 is 50.5 Å². The molecule has 31 heavy (non-hydrogen) atoms. The minimum absolute atomic E-state index is 0.265. The van der Waals surface area contributed by atoms with Crippen LogP contribution in [0.25, 0.3) is 33.0 Å². The molecule has 3 heterocycles. The van der Waals surface area contributed by atoms with Crippen molar-refractivity contribution in [1.29, 1.82) is 0 Å². The summed E-state index contributed by atoms with van der Waals surface area (Å²) < 4.78 is 3.77. The third-order valence-corrected chi connectivity index (χ3v) is 5.91. The molecule has 0 bridgehead atoms. The Labute approximate surface area is 177 Å². The molecule has 0 saturated heterocycles. The number of fused-ring (bicyclic) bond motifs is 2. The standard InChI is InChI=1S/C23H20N4O4/c1-25-10-16(14-5-3-4-6-18(14)25)20-21(23(30)27(12-28)22(20)29)17-11-26(2)19-9-13(24-31)7-8-15(17)19/h3-11,24,28,31H,12H2,1-2H3/p+1. The van der Waals surface area contributed by atoms with Crippen LogP contribution in [0.2, 0.25) is 0 Å². The molecule has 1 aliphatic heterocycles. The van der Waals surface area contributed by atoms with Crippen LogP contribution in [0.4, 0.5) is 5.69 Å². The number of para-hydroxylation sites is 1. The number of nitrogens with two attached hydrogens (primary N) is 1. The lowest BCUT2D eigenvalue weighted by atomic mass is 9.95. The van der Waals surface area contributed by atoms with Gasteiger partial charge in [-0.2, -0.15) is 5.48 Å². The smallest absolute Gasteiger partial charge is 0.264 e. The molecule has 156 valence electrons. The first kappa shape index (κ1) is 19.3. The summed E-state index contributed by atoms with van der Waals surface area (Å²) in [7, 11) is 3.73. The molecule has 2 aromatic carbocycles. The van der Waals surface area contributed by atoms with Gasteiger partial charge in [0.05, 0.1) is 16.7 Å². The first-order chi connectivity index (χ1) is 15.0. The van der Waals surface area contributed by atoms with E-state index in [1.807, 2.05) is 65.8 Å². The second kappa shape index (κ2) is 6.92. The molecule has 5 rings (SSSR count). The fourth-order valence-electron chi connectivity index (χ4n) is 4.43. The first-order valence-electron chi connectivity index (χ1n) is 9.79. The summed E-state index contributed by atoms with van der Waals surface area (Å²) in [6.07, 6.45) is 3.65. The molecule has 0 atom stereocenters. The van der Waals surface area contributed by atoms with Gasteiger partial charge in [-0.1, -0.05) is 18.2 Å². The molecular formula is C23H21N4O4+. The van der Waals surface area contributed by atoms with E-state index in [9.17, 15) is 19.9 Å². The van der Waals surface area contributed by atoms with Crippen molar-refractivity contribution in [2.75, 3.05) is 6.73 Å². The summed E-state index contributed by atoms with van der Waals surface area (Å²) in [6, 6.07) is 13.1. The summed E-state index contributed by atoms with van der Waals surface area (Å²) in [5.74, 6) is -1.04. The van der Waals surface area contributed by atoms with E-state index in [1.165, 1.54) is 0 Å². The average molecular weight is 417 g/mol. The van der Waals surface area contributed by atoms with Gasteiger partial charge in [-0.05, 0) is 12.1 Å². The maximum absolute atomic E-state index is 13.3. The molecule has 8 heteroatoms. The van der Waals surface area contributed by atoms with Gasteiger partial charge in [0.15, 0.2) is 5.69 Å². The van der Waals surface area contributed by atoms with Crippen LogP contribution in [-0.4, -0.2) is 42.9 Å². The number of amides is 2. The van der Waals surface area contributed by atoms with E-state index >= 15 is 0 Å². The summed E-state index contributed by atoms with van der Waals surface area (Å²) in [4.78, 5) is 27.4. The van der Waals surface area contributed by atoms with E-state index in [0.29, 0.717) is 16.8 Å². The number of hydrogen-bond acceptors (Lipinski definition) is 4. The average Bonchev–Trinajstić information content (AvgIpc) is 3.37. The van der Waals surface area contributed by atoms with Gasteiger partial charge in [0.2, 0.25) is 0 Å². The van der Waals surface area contributed by atoms with Crippen molar-refractivity contribution in [2.24, 2.45) is 14.1 Å². The van der Waals surface area contributed by atoms with Gasteiger partial charge >= 0.3 is 0 Å². The summed E-state index contributed by atoms with van der Waals surface area (Å²) in [5.41, 5.74) is 5.21. The van der Waals surface area contributed by atoms with Gasteiger partial charge in [0.1, 0.15) is 6.73 Å². The fraction of sp³-hybridized carbons (Fsp3) is 0.130. The first-order valence-corrected chi connectivity index (χ1v) is 9.79. The lowest BCUT2D eigenvalue weighted by Crippen LogP contribution is -2.73. The zero-order valence-electron chi connectivity index (χ0n) is 17.0. The van der Waals surface area contributed by atoms with Crippen LogP contribution in [0.3, 0.4) is 0 Å². The summed E-state index contributed by atoms with van der Waals surface area (Å²) >= 11 is 0. The van der Waals surface area contributed by atoms with Crippen molar-refractivity contribution in [3.8, 4) is 0 Å². The predicted molar refractivity (Wildman–Crippen MR) is 115 cm³/mol. The topological polar surface area (TPSA) is 104 Å². The van der Waals surface area contributed by atoms with E-state index in [4.69, 9.17) is 0 Å². The number of imide groups is 1. The van der Waals surface area contributed by atoms with E-state index in [0.717, 1.165) is 32.2 Å². The minimum atomic E-state index is -0.691. The Morgan fingerprint density at radius 3 is 2.03 bits per heavy atom. The number of aryl methyl sites for hydroxylation is 2. The van der Waals surface area contributed by atoms with Gasteiger partial charge < -0.3 is 14.2 Å². The number of nitrogens with zero attached hydrogens (tertiary/aromatic N) is 3. The zero-order valence-corrected chi connectivity index (χ0v) is 17.0. The zero-order chi connectivity index (χ0) is 21.9. The van der Waals surface area contributed by atoms with Crippen LogP contribution in [-0.2, 0) is 23.7 Å². The second-order valence-electron chi connectivity index (χ2n) is 7.66. The molecule has 1 aliphatic rings. The second-order valence-corrected chi connectivity index (χ2v) is 7.66. The Kier molecular flexibility index (Phi) is 4.30. The monoisotopic (exact) mass is 417 g/mol. The number of aliphatic hydroxyl groups excluding tert-OH is 1. The number of benzene rings is 2. The Balaban J connectivity index is 1.86. The molecule has 0 spiro atoms. The van der Waals surface area contributed by atoms with Crippen LogP contribution in [0.1, 0.15) is 11.1 Å². The van der Waals surface area contributed by atoms with Crippen LogP contribution >= 0.6 is 0 Å².